The number of hydrogen-bond donors (Lipinski definition) is 2. The summed E-state index contributed by atoms with van der Waals surface area (Å²) in [4.78, 5) is 18.8. The molecule has 7 heteroatoms. The highest BCUT2D eigenvalue weighted by Gasteiger charge is 2.17. The molecule has 4 rings (SSSR count). The minimum absolute atomic E-state index is 0.00561. The molecular formula is C17H14F2N4O. The average molecular weight is 328 g/mol. The third-order valence-electron chi connectivity index (χ3n) is 4.32. The number of hydrogen-bond acceptors (Lipinski definition) is 2. The summed E-state index contributed by atoms with van der Waals surface area (Å²) < 4.78 is 30.0. The van der Waals surface area contributed by atoms with Gasteiger partial charge in [-0.1, -0.05) is 6.92 Å². The van der Waals surface area contributed by atoms with E-state index in [1.807, 2.05) is 6.92 Å². The standard InChI is InChI=1S/C17H14F2N4O/c1-3-9-11-6-8(7-20-16(11)21-15(9)19)10-4-5-12-13(14(10)18)17(24)23(2)22-12/h4-7,22H,3H2,1-2H3,(H,20,21). The first-order valence-electron chi connectivity index (χ1n) is 7.55. The molecule has 0 spiro atoms. The number of nitrogens with zero attached hydrogens (tertiary/aromatic N) is 2. The fourth-order valence-corrected chi connectivity index (χ4v) is 3.09. The molecule has 2 N–H and O–H groups in total. The molecule has 122 valence electrons. The Balaban J connectivity index is 2.00. The van der Waals surface area contributed by atoms with Gasteiger partial charge >= 0.3 is 0 Å². The van der Waals surface area contributed by atoms with Crippen molar-refractivity contribution in [1.82, 2.24) is 19.7 Å². The van der Waals surface area contributed by atoms with Gasteiger partial charge in [-0.15, -0.1) is 0 Å². The summed E-state index contributed by atoms with van der Waals surface area (Å²) in [5.41, 5.74) is 1.70. The van der Waals surface area contributed by atoms with E-state index in [4.69, 9.17) is 0 Å². The van der Waals surface area contributed by atoms with Crippen molar-refractivity contribution in [2.45, 2.75) is 13.3 Å². The lowest BCUT2D eigenvalue weighted by atomic mass is 10.0. The van der Waals surface area contributed by atoms with E-state index in [0.717, 1.165) is 0 Å². The Bertz CT molecular complexity index is 1150. The van der Waals surface area contributed by atoms with Crippen molar-refractivity contribution in [3.8, 4) is 11.1 Å². The van der Waals surface area contributed by atoms with Crippen molar-refractivity contribution in [3.63, 3.8) is 0 Å². The monoisotopic (exact) mass is 328 g/mol. The van der Waals surface area contributed by atoms with Crippen LogP contribution in [0.3, 0.4) is 0 Å². The first-order chi connectivity index (χ1) is 11.5. The molecule has 0 atom stereocenters. The van der Waals surface area contributed by atoms with Crippen LogP contribution in [0.4, 0.5) is 8.78 Å². The smallest absolute Gasteiger partial charge is 0.277 e. The van der Waals surface area contributed by atoms with Crippen LogP contribution in [0.25, 0.3) is 33.1 Å². The van der Waals surface area contributed by atoms with E-state index in [9.17, 15) is 13.6 Å². The van der Waals surface area contributed by atoms with Crippen molar-refractivity contribution >= 4 is 21.9 Å². The Morgan fingerprint density at radius 3 is 2.83 bits per heavy atom. The van der Waals surface area contributed by atoms with Crippen LogP contribution in [-0.4, -0.2) is 19.7 Å². The highest BCUT2D eigenvalue weighted by Crippen LogP contribution is 2.30. The van der Waals surface area contributed by atoms with E-state index in [0.29, 0.717) is 34.1 Å². The van der Waals surface area contributed by atoms with Crippen LogP contribution >= 0.6 is 0 Å². The third-order valence-corrected chi connectivity index (χ3v) is 4.32. The van der Waals surface area contributed by atoms with Crippen LogP contribution in [0.15, 0.2) is 29.2 Å². The molecule has 0 aliphatic rings. The molecule has 1 aromatic carbocycles. The molecule has 0 fully saturated rings. The van der Waals surface area contributed by atoms with Gasteiger partial charge in [-0.05, 0) is 24.6 Å². The molecule has 0 radical (unpaired) electrons. The topological polar surface area (TPSA) is 66.5 Å². The maximum Gasteiger partial charge on any atom is 0.277 e. The number of benzene rings is 1. The molecule has 0 amide bonds. The molecule has 0 bridgehead atoms. The summed E-state index contributed by atoms with van der Waals surface area (Å²) in [7, 11) is 1.53. The zero-order chi connectivity index (χ0) is 17.0. The molecule has 0 saturated heterocycles. The second kappa shape index (κ2) is 5.02. The number of aryl methyl sites for hydroxylation is 2. The molecule has 0 unspecified atom stereocenters. The number of nitrogens with one attached hydrogen (secondary N) is 2. The summed E-state index contributed by atoms with van der Waals surface area (Å²) in [5.74, 6) is -1.03. The van der Waals surface area contributed by atoms with Gasteiger partial charge in [0, 0.05) is 35.3 Å². The number of H-pyrrole nitrogens is 2. The van der Waals surface area contributed by atoms with Gasteiger partial charge in [-0.2, -0.15) is 4.39 Å². The highest BCUT2D eigenvalue weighted by molar-refractivity contribution is 5.89. The molecule has 4 aromatic rings. The van der Waals surface area contributed by atoms with Crippen molar-refractivity contribution in [2.24, 2.45) is 7.05 Å². The summed E-state index contributed by atoms with van der Waals surface area (Å²) in [5, 5.41) is 3.42. The van der Waals surface area contributed by atoms with Gasteiger partial charge in [0.15, 0.2) is 5.95 Å². The van der Waals surface area contributed by atoms with Gasteiger partial charge < -0.3 is 4.98 Å². The van der Waals surface area contributed by atoms with E-state index in [1.54, 1.807) is 18.2 Å². The van der Waals surface area contributed by atoms with Crippen LogP contribution in [-0.2, 0) is 13.5 Å². The summed E-state index contributed by atoms with van der Waals surface area (Å²) in [6.07, 6.45) is 1.97. The fourth-order valence-electron chi connectivity index (χ4n) is 3.09. The lowest BCUT2D eigenvalue weighted by Crippen LogP contribution is -2.12. The summed E-state index contributed by atoms with van der Waals surface area (Å²) in [6.45, 7) is 1.84. The van der Waals surface area contributed by atoms with Gasteiger partial charge in [0.1, 0.15) is 16.9 Å². The van der Waals surface area contributed by atoms with Crippen molar-refractivity contribution in [2.75, 3.05) is 0 Å². The van der Waals surface area contributed by atoms with Crippen molar-refractivity contribution < 1.29 is 8.78 Å². The van der Waals surface area contributed by atoms with Gasteiger partial charge in [0.2, 0.25) is 0 Å². The number of rotatable bonds is 2. The minimum atomic E-state index is -0.607. The Kier molecular flexibility index (Phi) is 3.06. The van der Waals surface area contributed by atoms with Gasteiger partial charge in [-0.25, -0.2) is 9.37 Å². The molecule has 5 nitrogen and oxygen atoms in total. The van der Waals surface area contributed by atoms with Crippen LogP contribution in [0, 0.1) is 11.8 Å². The zero-order valence-corrected chi connectivity index (χ0v) is 13.1. The van der Waals surface area contributed by atoms with Crippen LogP contribution in [0.2, 0.25) is 0 Å². The molecule has 0 aliphatic heterocycles. The second-order valence-corrected chi connectivity index (χ2v) is 5.72. The summed E-state index contributed by atoms with van der Waals surface area (Å²) in [6, 6.07) is 4.94. The maximum atomic E-state index is 14.9. The maximum absolute atomic E-state index is 14.9. The number of pyridine rings is 1. The minimum Gasteiger partial charge on any atom is -0.316 e. The Morgan fingerprint density at radius 1 is 1.29 bits per heavy atom. The summed E-state index contributed by atoms with van der Waals surface area (Å²) >= 11 is 0. The third kappa shape index (κ3) is 1.90. The van der Waals surface area contributed by atoms with E-state index in [2.05, 4.69) is 15.1 Å². The number of fused-ring (bicyclic) bond motifs is 2. The predicted octanol–water partition coefficient (Wildman–Crippen LogP) is 3.25. The van der Waals surface area contributed by atoms with E-state index in [-0.39, 0.29) is 10.9 Å². The first-order valence-corrected chi connectivity index (χ1v) is 7.55. The molecule has 3 aromatic heterocycles. The molecule has 0 aliphatic carbocycles. The van der Waals surface area contributed by atoms with E-state index >= 15 is 0 Å². The number of halogens is 2. The molecular weight excluding hydrogens is 314 g/mol. The van der Waals surface area contributed by atoms with Gasteiger partial charge in [0.25, 0.3) is 5.56 Å². The fraction of sp³-hybridized carbons (Fsp3) is 0.176. The van der Waals surface area contributed by atoms with Crippen LogP contribution in [0.1, 0.15) is 12.5 Å². The van der Waals surface area contributed by atoms with Gasteiger partial charge in [0.05, 0.1) is 5.52 Å². The van der Waals surface area contributed by atoms with Crippen molar-refractivity contribution in [1.29, 1.82) is 0 Å². The largest absolute Gasteiger partial charge is 0.316 e. The van der Waals surface area contributed by atoms with E-state index in [1.165, 1.54) is 17.9 Å². The first kappa shape index (κ1) is 14.6. The average Bonchev–Trinajstić information content (AvgIpc) is 3.03. The molecule has 24 heavy (non-hydrogen) atoms. The Labute approximate surface area is 134 Å². The normalized spacial score (nSPS) is 11.7. The van der Waals surface area contributed by atoms with Crippen LogP contribution < -0.4 is 5.56 Å². The molecule has 0 saturated carbocycles. The Morgan fingerprint density at radius 2 is 2.08 bits per heavy atom. The number of aromatic amines is 2. The molecule has 3 heterocycles. The Hall–Kier alpha value is -2.96. The van der Waals surface area contributed by atoms with Crippen LogP contribution in [0.5, 0.6) is 0 Å². The second-order valence-electron chi connectivity index (χ2n) is 5.72. The SMILES string of the molecule is CCc1c(F)[nH]c2ncc(-c3ccc4[nH]n(C)c(=O)c4c3F)cc12. The quantitative estimate of drug-likeness (QED) is 0.593. The number of aromatic nitrogens is 4. The highest BCUT2D eigenvalue weighted by atomic mass is 19.1. The lowest BCUT2D eigenvalue weighted by Gasteiger charge is -2.04. The van der Waals surface area contributed by atoms with Crippen molar-refractivity contribution in [3.05, 3.63) is 52.1 Å². The van der Waals surface area contributed by atoms with E-state index < -0.39 is 17.3 Å². The lowest BCUT2D eigenvalue weighted by molar-refractivity contribution is 0.581. The predicted molar refractivity (Wildman–Crippen MR) is 87.9 cm³/mol. The zero-order valence-electron chi connectivity index (χ0n) is 13.1. The van der Waals surface area contributed by atoms with Gasteiger partial charge in [-0.3, -0.25) is 14.6 Å².